The van der Waals surface area contributed by atoms with Crippen molar-refractivity contribution in [3.63, 3.8) is 0 Å². The van der Waals surface area contributed by atoms with E-state index in [4.69, 9.17) is 4.74 Å². The van der Waals surface area contributed by atoms with Crippen LogP contribution in [0.5, 0.6) is 0 Å². The summed E-state index contributed by atoms with van der Waals surface area (Å²) in [7, 11) is 0. The predicted molar refractivity (Wildman–Crippen MR) is 129 cm³/mol. The molecule has 9 atom stereocenters. The lowest BCUT2D eigenvalue weighted by Crippen LogP contribution is -2.53. The van der Waals surface area contributed by atoms with Gasteiger partial charge >= 0.3 is 5.97 Å². The number of fused-ring (bicyclic) bond motifs is 5. The standard InChI is InChI=1S/C29H48O3/c1-18(2)27(32-20(4)30)12-7-19(3)24-10-11-25-23-9-8-21-17-22(31)13-15-28(21,5)26(23)14-16-29(24,25)6/h18-19,21,23-27H,7-17H2,1-6H3/t19-,21-,23+,24-,25+,26+,27-,28+,29-/m1/s1. The number of ether oxygens (including phenoxy) is 1. The monoisotopic (exact) mass is 444 g/mol. The maximum atomic E-state index is 12.2. The molecule has 32 heavy (non-hydrogen) atoms. The molecule has 4 aliphatic carbocycles. The van der Waals surface area contributed by atoms with Gasteiger partial charge in [-0.3, -0.25) is 9.59 Å². The first-order valence-electron chi connectivity index (χ1n) is 13.7. The molecule has 0 aromatic heterocycles. The van der Waals surface area contributed by atoms with Gasteiger partial charge in [-0.15, -0.1) is 0 Å². The molecule has 4 fully saturated rings. The van der Waals surface area contributed by atoms with Crippen LogP contribution in [0.15, 0.2) is 0 Å². The Morgan fingerprint density at radius 2 is 1.69 bits per heavy atom. The Hall–Kier alpha value is -0.860. The smallest absolute Gasteiger partial charge is 0.302 e. The maximum Gasteiger partial charge on any atom is 0.302 e. The minimum absolute atomic E-state index is 0.0555. The van der Waals surface area contributed by atoms with Crippen molar-refractivity contribution in [3.05, 3.63) is 0 Å². The fourth-order valence-electron chi connectivity index (χ4n) is 9.39. The van der Waals surface area contributed by atoms with Gasteiger partial charge in [-0.05, 0) is 110 Å². The Balaban J connectivity index is 1.43. The van der Waals surface area contributed by atoms with Gasteiger partial charge in [0.1, 0.15) is 11.9 Å². The molecule has 182 valence electrons. The Morgan fingerprint density at radius 3 is 2.38 bits per heavy atom. The van der Waals surface area contributed by atoms with Gasteiger partial charge in [-0.2, -0.15) is 0 Å². The van der Waals surface area contributed by atoms with E-state index in [1.165, 1.54) is 51.9 Å². The van der Waals surface area contributed by atoms with Crippen molar-refractivity contribution in [3.8, 4) is 0 Å². The first-order chi connectivity index (χ1) is 15.1. The average molecular weight is 445 g/mol. The largest absolute Gasteiger partial charge is 0.462 e. The van der Waals surface area contributed by atoms with E-state index >= 15 is 0 Å². The molecular weight excluding hydrogens is 396 g/mol. The third-order valence-electron chi connectivity index (χ3n) is 11.2. The number of hydrogen-bond acceptors (Lipinski definition) is 3. The quantitative estimate of drug-likeness (QED) is 0.406. The second kappa shape index (κ2) is 9.06. The van der Waals surface area contributed by atoms with Crippen molar-refractivity contribution in [2.24, 2.45) is 52.3 Å². The highest BCUT2D eigenvalue weighted by Gasteiger charge is 2.60. The molecule has 0 N–H and O–H groups in total. The fourth-order valence-corrected chi connectivity index (χ4v) is 9.39. The van der Waals surface area contributed by atoms with Crippen LogP contribution in [0.2, 0.25) is 0 Å². The first kappa shape index (κ1) is 24.3. The number of carbonyl (C=O) groups is 2. The lowest BCUT2D eigenvalue weighted by molar-refractivity contribution is -0.149. The van der Waals surface area contributed by atoms with Crippen molar-refractivity contribution in [1.82, 2.24) is 0 Å². The van der Waals surface area contributed by atoms with Crippen molar-refractivity contribution in [2.45, 2.75) is 118 Å². The normalized spacial score (nSPS) is 43.2. The first-order valence-corrected chi connectivity index (χ1v) is 13.7. The summed E-state index contributed by atoms with van der Waals surface area (Å²) in [5.74, 6) is 5.51. The van der Waals surface area contributed by atoms with E-state index in [9.17, 15) is 9.59 Å². The number of Topliss-reactive ketones (excluding diaryl/α,β-unsaturated/α-hetero) is 1. The second-order valence-electron chi connectivity index (χ2n) is 13.1. The van der Waals surface area contributed by atoms with Crippen LogP contribution in [0.4, 0.5) is 0 Å². The molecule has 3 heteroatoms. The molecule has 0 unspecified atom stereocenters. The summed E-state index contributed by atoms with van der Waals surface area (Å²) in [6.07, 6.45) is 13.2. The molecule has 0 amide bonds. The molecule has 4 aliphatic rings. The summed E-state index contributed by atoms with van der Waals surface area (Å²) >= 11 is 0. The van der Waals surface area contributed by atoms with Crippen LogP contribution in [-0.2, 0) is 14.3 Å². The molecular formula is C29H48O3. The molecule has 0 aromatic carbocycles. The third-order valence-corrected chi connectivity index (χ3v) is 11.2. The predicted octanol–water partition coefficient (Wildman–Crippen LogP) is 7.22. The van der Waals surface area contributed by atoms with E-state index in [0.717, 1.165) is 49.4 Å². The summed E-state index contributed by atoms with van der Waals surface area (Å²) in [5.41, 5.74) is 0.888. The number of ketones is 1. The summed E-state index contributed by atoms with van der Waals surface area (Å²) in [5, 5.41) is 0. The van der Waals surface area contributed by atoms with Crippen LogP contribution in [0.1, 0.15) is 112 Å². The van der Waals surface area contributed by atoms with Gasteiger partial charge in [-0.1, -0.05) is 34.6 Å². The van der Waals surface area contributed by atoms with Gasteiger partial charge in [0.2, 0.25) is 0 Å². The number of hydrogen-bond donors (Lipinski definition) is 0. The molecule has 0 heterocycles. The van der Waals surface area contributed by atoms with Crippen LogP contribution in [-0.4, -0.2) is 17.9 Å². The average Bonchev–Trinajstić information content (AvgIpc) is 3.08. The highest BCUT2D eigenvalue weighted by Crippen LogP contribution is 2.68. The van der Waals surface area contributed by atoms with E-state index in [1.54, 1.807) is 0 Å². The SMILES string of the molecule is CC(=O)O[C@H](CC[C@@H](C)[C@H]1CC[C@H]2[C@@H]3CC[C@@H]4CC(=O)CC[C@]4(C)[C@H]3CC[C@]12C)C(C)C. The van der Waals surface area contributed by atoms with E-state index in [2.05, 4.69) is 34.6 Å². The van der Waals surface area contributed by atoms with Crippen LogP contribution in [0.3, 0.4) is 0 Å². The van der Waals surface area contributed by atoms with Gasteiger partial charge < -0.3 is 4.74 Å². The van der Waals surface area contributed by atoms with Gasteiger partial charge in [0.05, 0.1) is 0 Å². The molecule has 0 saturated heterocycles. The zero-order valence-electron chi connectivity index (χ0n) is 21.6. The highest BCUT2D eigenvalue weighted by atomic mass is 16.5. The van der Waals surface area contributed by atoms with Gasteiger partial charge in [0, 0.05) is 19.8 Å². The zero-order chi connectivity index (χ0) is 23.3. The van der Waals surface area contributed by atoms with Crippen LogP contribution in [0, 0.1) is 52.3 Å². The van der Waals surface area contributed by atoms with E-state index in [1.807, 2.05) is 0 Å². The number of rotatable bonds is 6. The maximum absolute atomic E-state index is 12.2. The van der Waals surface area contributed by atoms with Gasteiger partial charge in [0.15, 0.2) is 0 Å². The summed E-state index contributed by atoms with van der Waals surface area (Å²) < 4.78 is 5.63. The third kappa shape index (κ3) is 4.20. The van der Waals surface area contributed by atoms with Gasteiger partial charge in [0.25, 0.3) is 0 Å². The van der Waals surface area contributed by atoms with Crippen molar-refractivity contribution >= 4 is 11.8 Å². The number of carbonyl (C=O) groups excluding carboxylic acids is 2. The fraction of sp³-hybridized carbons (Fsp3) is 0.931. The molecule has 3 nitrogen and oxygen atoms in total. The Labute approximate surface area is 196 Å². The lowest BCUT2D eigenvalue weighted by Gasteiger charge is -2.60. The molecule has 0 spiro atoms. The molecule has 4 rings (SSSR count). The lowest BCUT2D eigenvalue weighted by atomic mass is 9.44. The van der Waals surface area contributed by atoms with Crippen LogP contribution >= 0.6 is 0 Å². The Kier molecular flexibility index (Phi) is 6.87. The molecule has 0 aromatic rings. The zero-order valence-corrected chi connectivity index (χ0v) is 21.6. The minimum atomic E-state index is -0.143. The molecule has 4 saturated carbocycles. The van der Waals surface area contributed by atoms with Crippen LogP contribution in [0.25, 0.3) is 0 Å². The summed E-state index contributed by atoms with van der Waals surface area (Å²) in [4.78, 5) is 23.7. The minimum Gasteiger partial charge on any atom is -0.462 e. The van der Waals surface area contributed by atoms with E-state index in [0.29, 0.717) is 34.4 Å². The van der Waals surface area contributed by atoms with Gasteiger partial charge in [-0.25, -0.2) is 0 Å². The molecule has 0 aliphatic heterocycles. The topological polar surface area (TPSA) is 43.4 Å². The second-order valence-corrected chi connectivity index (χ2v) is 13.1. The van der Waals surface area contributed by atoms with Crippen molar-refractivity contribution in [2.75, 3.05) is 0 Å². The molecule has 0 bridgehead atoms. The Bertz CT molecular complexity index is 713. The van der Waals surface area contributed by atoms with E-state index in [-0.39, 0.29) is 12.1 Å². The van der Waals surface area contributed by atoms with Crippen molar-refractivity contribution in [1.29, 1.82) is 0 Å². The molecule has 0 radical (unpaired) electrons. The summed E-state index contributed by atoms with van der Waals surface area (Å²) in [6.45, 7) is 13.5. The van der Waals surface area contributed by atoms with Crippen LogP contribution < -0.4 is 0 Å². The summed E-state index contributed by atoms with van der Waals surface area (Å²) in [6, 6.07) is 0. The van der Waals surface area contributed by atoms with Crippen molar-refractivity contribution < 1.29 is 14.3 Å². The Morgan fingerprint density at radius 1 is 0.969 bits per heavy atom. The van der Waals surface area contributed by atoms with E-state index < -0.39 is 0 Å². The number of esters is 1. The highest BCUT2D eigenvalue weighted by molar-refractivity contribution is 5.79.